The third-order valence-electron chi connectivity index (χ3n) is 5.71. The zero-order valence-corrected chi connectivity index (χ0v) is 16.0. The summed E-state index contributed by atoms with van der Waals surface area (Å²) in [6, 6.07) is 8.31. The van der Waals surface area contributed by atoms with Crippen LogP contribution in [0, 0.1) is 11.8 Å². The number of hydrogen-bond donors (Lipinski definition) is 2. The van der Waals surface area contributed by atoms with Crippen molar-refractivity contribution in [2.75, 3.05) is 51.3 Å². The monoisotopic (exact) mass is 359 g/mol. The number of rotatable bonds is 7. The maximum atomic E-state index is 12.3. The van der Waals surface area contributed by atoms with Gasteiger partial charge in [0.25, 0.3) is 0 Å². The van der Waals surface area contributed by atoms with Gasteiger partial charge in [0.1, 0.15) is 0 Å². The molecule has 2 unspecified atom stereocenters. The van der Waals surface area contributed by atoms with Crippen LogP contribution in [0.15, 0.2) is 24.3 Å². The summed E-state index contributed by atoms with van der Waals surface area (Å²) < 4.78 is 5.39. The SMILES string of the molecule is CC(CC(=O)Nc1ccc(CCN2CCOCC2)cc1)C1CCCNC1. The zero-order chi connectivity index (χ0) is 18.2. The number of anilines is 1. The van der Waals surface area contributed by atoms with E-state index in [-0.39, 0.29) is 5.91 Å². The Balaban J connectivity index is 1.40. The van der Waals surface area contributed by atoms with Gasteiger partial charge in [-0.25, -0.2) is 0 Å². The molecule has 1 amide bonds. The van der Waals surface area contributed by atoms with E-state index < -0.39 is 0 Å². The number of piperidine rings is 1. The fraction of sp³-hybridized carbons (Fsp3) is 0.667. The van der Waals surface area contributed by atoms with Crippen molar-refractivity contribution in [3.05, 3.63) is 29.8 Å². The smallest absolute Gasteiger partial charge is 0.224 e. The highest BCUT2D eigenvalue weighted by atomic mass is 16.5. The number of benzene rings is 1. The predicted molar refractivity (Wildman–Crippen MR) is 105 cm³/mol. The number of carbonyl (C=O) groups excluding carboxylic acids is 1. The van der Waals surface area contributed by atoms with Crippen LogP contribution in [-0.2, 0) is 16.0 Å². The second-order valence-corrected chi connectivity index (χ2v) is 7.74. The molecule has 2 aliphatic rings. The predicted octanol–water partition coefficient (Wildman–Crippen LogP) is 2.53. The van der Waals surface area contributed by atoms with Gasteiger partial charge in [0, 0.05) is 31.7 Å². The maximum Gasteiger partial charge on any atom is 0.224 e. The lowest BCUT2D eigenvalue weighted by molar-refractivity contribution is -0.117. The van der Waals surface area contributed by atoms with E-state index in [0.29, 0.717) is 18.3 Å². The highest BCUT2D eigenvalue weighted by Crippen LogP contribution is 2.23. The second-order valence-electron chi connectivity index (χ2n) is 7.74. The van der Waals surface area contributed by atoms with Crippen molar-refractivity contribution in [3.63, 3.8) is 0 Å². The number of hydrogen-bond acceptors (Lipinski definition) is 4. The van der Waals surface area contributed by atoms with Crippen LogP contribution in [0.3, 0.4) is 0 Å². The van der Waals surface area contributed by atoms with Crippen LogP contribution in [0.5, 0.6) is 0 Å². The lowest BCUT2D eigenvalue weighted by Crippen LogP contribution is -2.37. The summed E-state index contributed by atoms with van der Waals surface area (Å²) in [6.45, 7) is 9.19. The van der Waals surface area contributed by atoms with E-state index in [2.05, 4.69) is 34.6 Å². The van der Waals surface area contributed by atoms with Gasteiger partial charge >= 0.3 is 0 Å². The molecule has 2 atom stereocenters. The summed E-state index contributed by atoms with van der Waals surface area (Å²) in [7, 11) is 0. The molecular formula is C21H33N3O2. The number of nitrogens with zero attached hydrogens (tertiary/aromatic N) is 1. The third kappa shape index (κ3) is 6.08. The van der Waals surface area contributed by atoms with E-state index >= 15 is 0 Å². The first-order chi connectivity index (χ1) is 12.7. The molecule has 5 nitrogen and oxygen atoms in total. The van der Waals surface area contributed by atoms with Gasteiger partial charge in [-0.1, -0.05) is 19.1 Å². The van der Waals surface area contributed by atoms with Crippen molar-refractivity contribution in [2.24, 2.45) is 11.8 Å². The Labute approximate surface area is 157 Å². The van der Waals surface area contributed by atoms with Crippen LogP contribution in [0.2, 0.25) is 0 Å². The Bertz CT molecular complexity index is 549. The van der Waals surface area contributed by atoms with Gasteiger partial charge in [-0.05, 0) is 61.9 Å². The van der Waals surface area contributed by atoms with Crippen LogP contribution in [0.1, 0.15) is 31.7 Å². The standard InChI is InChI=1S/C21H33N3O2/c1-17(19-3-2-9-22-16-19)15-21(25)23-20-6-4-18(5-7-20)8-10-24-11-13-26-14-12-24/h4-7,17,19,22H,2-3,8-16H2,1H3,(H,23,25). The molecule has 2 N–H and O–H groups in total. The molecule has 0 aromatic heterocycles. The second kappa shape index (κ2) is 10.0. The Morgan fingerprint density at radius 2 is 2.08 bits per heavy atom. The van der Waals surface area contributed by atoms with E-state index in [0.717, 1.165) is 58.0 Å². The normalized spacial score (nSPS) is 22.7. The zero-order valence-electron chi connectivity index (χ0n) is 16.0. The quantitative estimate of drug-likeness (QED) is 0.785. The first-order valence-corrected chi connectivity index (χ1v) is 10.1. The molecule has 0 aliphatic carbocycles. The molecule has 0 saturated carbocycles. The first kappa shape index (κ1) is 19.3. The molecule has 1 aromatic carbocycles. The summed E-state index contributed by atoms with van der Waals surface area (Å²) >= 11 is 0. The Kier molecular flexibility index (Phi) is 7.47. The molecule has 5 heteroatoms. The summed E-state index contributed by atoms with van der Waals surface area (Å²) in [4.78, 5) is 14.8. The molecule has 144 valence electrons. The summed E-state index contributed by atoms with van der Waals surface area (Å²) in [5.74, 6) is 1.18. The molecule has 2 aliphatic heterocycles. The van der Waals surface area contributed by atoms with E-state index in [1.807, 2.05) is 12.1 Å². The molecule has 2 fully saturated rings. The van der Waals surface area contributed by atoms with Gasteiger partial charge in [-0.3, -0.25) is 9.69 Å². The minimum atomic E-state index is 0.129. The highest BCUT2D eigenvalue weighted by Gasteiger charge is 2.22. The van der Waals surface area contributed by atoms with Gasteiger partial charge in [0.15, 0.2) is 0 Å². The largest absolute Gasteiger partial charge is 0.379 e. The number of morpholine rings is 1. The lowest BCUT2D eigenvalue weighted by atomic mass is 9.85. The molecule has 1 aromatic rings. The van der Waals surface area contributed by atoms with Crippen molar-refractivity contribution >= 4 is 11.6 Å². The summed E-state index contributed by atoms with van der Waals surface area (Å²) in [5.41, 5.74) is 2.22. The van der Waals surface area contributed by atoms with Crippen LogP contribution in [-0.4, -0.2) is 56.7 Å². The third-order valence-corrected chi connectivity index (χ3v) is 5.71. The van der Waals surface area contributed by atoms with E-state index in [9.17, 15) is 4.79 Å². The van der Waals surface area contributed by atoms with Crippen molar-refractivity contribution in [2.45, 2.75) is 32.6 Å². The molecule has 0 spiro atoms. The van der Waals surface area contributed by atoms with Crippen molar-refractivity contribution < 1.29 is 9.53 Å². The van der Waals surface area contributed by atoms with Gasteiger partial charge in [-0.15, -0.1) is 0 Å². The molecular weight excluding hydrogens is 326 g/mol. The Morgan fingerprint density at radius 3 is 2.77 bits per heavy atom. The summed E-state index contributed by atoms with van der Waals surface area (Å²) in [5, 5.41) is 6.50. The van der Waals surface area contributed by atoms with Crippen LogP contribution in [0.25, 0.3) is 0 Å². The lowest BCUT2D eigenvalue weighted by Gasteiger charge is -2.28. The minimum absolute atomic E-state index is 0.129. The van der Waals surface area contributed by atoms with E-state index in [1.54, 1.807) is 0 Å². The van der Waals surface area contributed by atoms with Gasteiger partial charge < -0.3 is 15.4 Å². The van der Waals surface area contributed by atoms with Gasteiger partial charge in [0.05, 0.1) is 13.2 Å². The maximum absolute atomic E-state index is 12.3. The van der Waals surface area contributed by atoms with Gasteiger partial charge in [-0.2, -0.15) is 0 Å². The van der Waals surface area contributed by atoms with Crippen LogP contribution >= 0.6 is 0 Å². The number of nitrogens with one attached hydrogen (secondary N) is 2. The average Bonchev–Trinajstić information content (AvgIpc) is 2.69. The van der Waals surface area contributed by atoms with Crippen molar-refractivity contribution in [3.8, 4) is 0 Å². The molecule has 0 bridgehead atoms. The van der Waals surface area contributed by atoms with Crippen LogP contribution < -0.4 is 10.6 Å². The van der Waals surface area contributed by atoms with Crippen molar-refractivity contribution in [1.82, 2.24) is 10.2 Å². The minimum Gasteiger partial charge on any atom is -0.379 e. The molecule has 2 saturated heterocycles. The Morgan fingerprint density at radius 1 is 1.31 bits per heavy atom. The van der Waals surface area contributed by atoms with E-state index in [1.165, 1.54) is 18.4 Å². The fourth-order valence-electron chi connectivity index (χ4n) is 3.90. The molecule has 2 heterocycles. The average molecular weight is 360 g/mol. The molecule has 26 heavy (non-hydrogen) atoms. The number of ether oxygens (including phenoxy) is 1. The molecule has 3 rings (SSSR count). The number of carbonyl (C=O) groups is 1. The summed E-state index contributed by atoms with van der Waals surface area (Å²) in [6.07, 6.45) is 4.10. The topological polar surface area (TPSA) is 53.6 Å². The fourth-order valence-corrected chi connectivity index (χ4v) is 3.90. The first-order valence-electron chi connectivity index (χ1n) is 10.1. The number of amides is 1. The van der Waals surface area contributed by atoms with Gasteiger partial charge in [0.2, 0.25) is 5.91 Å². The van der Waals surface area contributed by atoms with Crippen LogP contribution in [0.4, 0.5) is 5.69 Å². The Hall–Kier alpha value is -1.43. The van der Waals surface area contributed by atoms with E-state index in [4.69, 9.17) is 4.74 Å². The van der Waals surface area contributed by atoms with Crippen molar-refractivity contribution in [1.29, 1.82) is 0 Å². The highest BCUT2D eigenvalue weighted by molar-refractivity contribution is 5.90. The molecule has 0 radical (unpaired) electrons.